The molecule has 3 aromatic rings. The Balaban J connectivity index is 1.28. The molecule has 1 atom stereocenters. The number of halogens is 1. The van der Waals surface area contributed by atoms with Crippen LogP contribution in [0.3, 0.4) is 0 Å². The second-order valence-electron chi connectivity index (χ2n) is 11.8. The fraction of sp³-hybridized carbons (Fsp3) is 0.500. The Bertz CT molecular complexity index is 1390. The lowest BCUT2D eigenvalue weighted by atomic mass is 9.94. The van der Waals surface area contributed by atoms with Gasteiger partial charge in [-0.25, -0.2) is 9.18 Å². The number of benzene rings is 1. The van der Waals surface area contributed by atoms with Crippen LogP contribution in [0.1, 0.15) is 54.6 Å². The number of carboxylic acids is 1. The van der Waals surface area contributed by atoms with Crippen molar-refractivity contribution in [2.75, 3.05) is 32.7 Å². The van der Waals surface area contributed by atoms with E-state index in [-0.39, 0.29) is 11.5 Å². The molecular formula is C30H37FN4O4. The maximum Gasteiger partial charge on any atom is 0.337 e. The number of aryl methyl sites for hydroxylation is 1. The van der Waals surface area contributed by atoms with Crippen molar-refractivity contribution in [2.45, 2.75) is 52.1 Å². The van der Waals surface area contributed by atoms with Crippen molar-refractivity contribution >= 4 is 22.8 Å². The molecule has 208 valence electrons. The first-order chi connectivity index (χ1) is 18.5. The van der Waals surface area contributed by atoms with Gasteiger partial charge in [0.25, 0.3) is 5.91 Å². The minimum Gasteiger partial charge on any atom is -0.478 e. The number of nitrogens with zero attached hydrogens (tertiary/aromatic N) is 4. The summed E-state index contributed by atoms with van der Waals surface area (Å²) in [5.41, 5.74) is 2.02. The normalized spacial score (nSPS) is 19.2. The highest BCUT2D eigenvalue weighted by molar-refractivity contribution is 5.94. The zero-order chi connectivity index (χ0) is 27.9. The van der Waals surface area contributed by atoms with E-state index in [1.165, 1.54) is 12.1 Å². The number of pyridine rings is 1. The van der Waals surface area contributed by atoms with Gasteiger partial charge in [0.1, 0.15) is 11.4 Å². The number of aromatic nitrogens is 2. The summed E-state index contributed by atoms with van der Waals surface area (Å²) in [4.78, 5) is 32.9. The summed E-state index contributed by atoms with van der Waals surface area (Å²) in [5.74, 6) is -0.931. The summed E-state index contributed by atoms with van der Waals surface area (Å²) in [6.07, 6.45) is 9.43. The van der Waals surface area contributed by atoms with Gasteiger partial charge in [0.15, 0.2) is 0 Å². The predicted octanol–water partition coefficient (Wildman–Crippen LogP) is 4.05. The average molecular weight is 537 g/mol. The number of fused-ring (bicyclic) bond motifs is 1. The topological polar surface area (TPSA) is 98.9 Å². The maximum absolute atomic E-state index is 13.9. The molecule has 2 saturated heterocycles. The molecule has 2 aromatic heterocycles. The van der Waals surface area contributed by atoms with Gasteiger partial charge >= 0.3 is 5.97 Å². The van der Waals surface area contributed by atoms with Gasteiger partial charge in [-0.2, -0.15) is 0 Å². The standard InChI is InChI=1S/C30H37FN4O4/c1-19-14-32-15-26-27(19)22(18-35(26)25-5-4-23(31)13-24(25)28(36)37)12-21-6-9-33(17-21)16-20-7-10-34(11-8-20)29(38)30(2,3)39/h4-5,13-15,18,20-21,39H,6-12,16-17H2,1-3H3,(H,36,37)/t21-/m0/s1. The maximum atomic E-state index is 13.9. The number of piperidine rings is 1. The van der Waals surface area contributed by atoms with Crippen molar-refractivity contribution in [3.8, 4) is 5.69 Å². The first kappa shape index (κ1) is 27.3. The molecule has 0 saturated carbocycles. The Hall–Kier alpha value is -3.30. The fourth-order valence-corrected chi connectivity index (χ4v) is 6.31. The van der Waals surface area contributed by atoms with Crippen LogP contribution in [0.15, 0.2) is 36.8 Å². The minimum absolute atomic E-state index is 0.0812. The number of aromatic carboxylic acids is 1. The van der Waals surface area contributed by atoms with Gasteiger partial charge in [-0.1, -0.05) is 0 Å². The van der Waals surface area contributed by atoms with Gasteiger partial charge in [0, 0.05) is 44.0 Å². The monoisotopic (exact) mass is 536 g/mol. The zero-order valence-electron chi connectivity index (χ0n) is 22.9. The molecule has 2 N–H and O–H groups in total. The van der Waals surface area contributed by atoms with E-state index in [9.17, 15) is 24.2 Å². The number of likely N-dealkylation sites (tertiary alicyclic amines) is 2. The Morgan fingerprint density at radius 1 is 1.10 bits per heavy atom. The van der Waals surface area contributed by atoms with E-state index in [1.807, 2.05) is 23.9 Å². The van der Waals surface area contributed by atoms with Gasteiger partial charge in [-0.05, 0) is 94.2 Å². The highest BCUT2D eigenvalue weighted by atomic mass is 19.1. The molecule has 5 rings (SSSR count). The highest BCUT2D eigenvalue weighted by Gasteiger charge is 2.33. The van der Waals surface area contributed by atoms with Crippen LogP contribution in [0.2, 0.25) is 0 Å². The summed E-state index contributed by atoms with van der Waals surface area (Å²) >= 11 is 0. The SMILES string of the molecule is Cc1cncc2c1c(C[C@@H]1CCN(CC3CCN(C(=O)C(C)(C)O)CC3)C1)cn2-c1ccc(F)cc1C(=O)O. The molecule has 0 bridgehead atoms. The van der Waals surface area contributed by atoms with Gasteiger partial charge in [0.05, 0.1) is 23.0 Å². The third-order valence-corrected chi connectivity index (χ3v) is 8.25. The highest BCUT2D eigenvalue weighted by Crippen LogP contribution is 2.33. The van der Waals surface area contributed by atoms with Crippen LogP contribution < -0.4 is 0 Å². The molecule has 0 radical (unpaired) electrons. The van der Waals surface area contributed by atoms with Gasteiger partial charge in [0.2, 0.25) is 0 Å². The van der Waals surface area contributed by atoms with Crippen LogP contribution >= 0.6 is 0 Å². The molecule has 2 fully saturated rings. The molecule has 2 aliphatic heterocycles. The van der Waals surface area contributed by atoms with E-state index in [2.05, 4.69) is 9.88 Å². The number of rotatable bonds is 7. The van der Waals surface area contributed by atoms with E-state index in [1.54, 1.807) is 24.9 Å². The quantitative estimate of drug-likeness (QED) is 0.473. The van der Waals surface area contributed by atoms with Crippen LogP contribution in [-0.4, -0.2) is 79.8 Å². The second kappa shape index (κ2) is 10.7. The number of hydrogen-bond donors (Lipinski definition) is 2. The molecule has 2 aliphatic rings. The van der Waals surface area contributed by atoms with E-state index in [4.69, 9.17) is 0 Å². The van der Waals surface area contributed by atoms with Crippen LogP contribution in [0.25, 0.3) is 16.6 Å². The lowest BCUT2D eigenvalue weighted by Crippen LogP contribution is -2.49. The van der Waals surface area contributed by atoms with Crippen molar-refractivity contribution in [1.29, 1.82) is 0 Å². The smallest absolute Gasteiger partial charge is 0.337 e. The molecule has 8 nitrogen and oxygen atoms in total. The Morgan fingerprint density at radius 3 is 2.51 bits per heavy atom. The van der Waals surface area contributed by atoms with Crippen LogP contribution in [-0.2, 0) is 11.2 Å². The summed E-state index contributed by atoms with van der Waals surface area (Å²) in [5, 5.41) is 20.8. The predicted molar refractivity (Wildman–Crippen MR) is 147 cm³/mol. The second-order valence-corrected chi connectivity index (χ2v) is 11.8. The Morgan fingerprint density at radius 2 is 1.82 bits per heavy atom. The van der Waals surface area contributed by atoms with E-state index in [0.29, 0.717) is 30.6 Å². The van der Waals surface area contributed by atoms with Crippen molar-refractivity contribution < 1.29 is 24.2 Å². The van der Waals surface area contributed by atoms with E-state index in [0.717, 1.165) is 73.4 Å². The lowest BCUT2D eigenvalue weighted by molar-refractivity contribution is -0.149. The van der Waals surface area contributed by atoms with Crippen LogP contribution in [0, 0.1) is 24.6 Å². The fourth-order valence-electron chi connectivity index (χ4n) is 6.31. The summed E-state index contributed by atoms with van der Waals surface area (Å²) in [6.45, 7) is 9.55. The van der Waals surface area contributed by atoms with Gasteiger partial charge < -0.3 is 24.6 Å². The lowest BCUT2D eigenvalue weighted by Gasteiger charge is -2.36. The third kappa shape index (κ3) is 5.70. The first-order valence-corrected chi connectivity index (χ1v) is 13.7. The number of carbonyl (C=O) groups excluding carboxylic acids is 1. The first-order valence-electron chi connectivity index (χ1n) is 13.7. The van der Waals surface area contributed by atoms with Crippen molar-refractivity contribution in [1.82, 2.24) is 19.4 Å². The van der Waals surface area contributed by atoms with Crippen molar-refractivity contribution in [3.05, 3.63) is 59.3 Å². The van der Waals surface area contributed by atoms with Crippen molar-refractivity contribution in [3.63, 3.8) is 0 Å². The molecule has 9 heteroatoms. The number of carbonyl (C=O) groups is 2. The Kier molecular flexibility index (Phi) is 7.48. The molecule has 0 aliphatic carbocycles. The number of hydrogen-bond acceptors (Lipinski definition) is 5. The number of amides is 1. The van der Waals surface area contributed by atoms with E-state index >= 15 is 0 Å². The molecule has 1 aromatic carbocycles. The number of carboxylic acid groups (broad SMARTS) is 1. The molecule has 1 amide bonds. The Labute approximate surface area is 228 Å². The van der Waals surface area contributed by atoms with E-state index < -0.39 is 17.4 Å². The number of aliphatic hydroxyl groups is 1. The summed E-state index contributed by atoms with van der Waals surface area (Å²) in [6, 6.07) is 3.87. The third-order valence-electron chi connectivity index (χ3n) is 8.25. The minimum atomic E-state index is -1.32. The molecule has 4 heterocycles. The molecular weight excluding hydrogens is 499 g/mol. The van der Waals surface area contributed by atoms with Crippen LogP contribution in [0.5, 0.6) is 0 Å². The molecule has 39 heavy (non-hydrogen) atoms. The summed E-state index contributed by atoms with van der Waals surface area (Å²) < 4.78 is 15.7. The molecule has 0 unspecified atom stereocenters. The zero-order valence-corrected chi connectivity index (χ0v) is 22.9. The average Bonchev–Trinajstić information content (AvgIpc) is 3.48. The molecule has 0 spiro atoms. The van der Waals surface area contributed by atoms with Crippen molar-refractivity contribution in [2.24, 2.45) is 11.8 Å². The van der Waals surface area contributed by atoms with Gasteiger partial charge in [-0.15, -0.1) is 0 Å². The van der Waals surface area contributed by atoms with Crippen LogP contribution in [0.4, 0.5) is 4.39 Å². The van der Waals surface area contributed by atoms with Gasteiger partial charge in [-0.3, -0.25) is 9.78 Å². The largest absolute Gasteiger partial charge is 0.478 e. The summed E-state index contributed by atoms with van der Waals surface area (Å²) in [7, 11) is 0.